The van der Waals surface area contributed by atoms with Gasteiger partial charge in [-0.15, -0.1) is 5.10 Å². The highest BCUT2D eigenvalue weighted by Crippen LogP contribution is 2.35. The zero-order chi connectivity index (χ0) is 21.0. The van der Waals surface area contributed by atoms with Crippen LogP contribution in [0.4, 0.5) is 0 Å². The average molecular weight is 437 g/mol. The molecular formula is C23H24N4O3S. The maximum Gasteiger partial charge on any atom is 0.288 e. The standard InChI is InChI=1S/C23H24N4O3S/c31-23-27(24-22(30-23)19-8-9-20-21(15-19)29-17-28-20)16-26-13-11-25(12-14-26)10-4-7-18-5-2-1-3-6-18/h1-9,15H,10-14,16-17H2/b7-4+. The van der Waals surface area contributed by atoms with Crippen molar-refractivity contribution in [1.29, 1.82) is 0 Å². The summed E-state index contributed by atoms with van der Waals surface area (Å²) >= 11 is 5.40. The Balaban J connectivity index is 1.16. The molecule has 7 nitrogen and oxygen atoms in total. The Morgan fingerprint density at radius 3 is 2.55 bits per heavy atom. The van der Waals surface area contributed by atoms with E-state index in [4.69, 9.17) is 26.1 Å². The lowest BCUT2D eigenvalue weighted by Crippen LogP contribution is -2.46. The fraction of sp³-hybridized carbons (Fsp3) is 0.304. The zero-order valence-corrected chi connectivity index (χ0v) is 18.0. The van der Waals surface area contributed by atoms with Crippen LogP contribution < -0.4 is 9.47 Å². The summed E-state index contributed by atoms with van der Waals surface area (Å²) in [5.41, 5.74) is 2.06. The molecule has 31 heavy (non-hydrogen) atoms. The summed E-state index contributed by atoms with van der Waals surface area (Å²) < 4.78 is 18.3. The Hall–Kier alpha value is -2.94. The van der Waals surface area contributed by atoms with Gasteiger partial charge in [0.1, 0.15) is 0 Å². The number of nitrogens with zero attached hydrogens (tertiary/aromatic N) is 4. The lowest BCUT2D eigenvalue weighted by atomic mass is 10.2. The second-order valence-electron chi connectivity index (χ2n) is 7.61. The second kappa shape index (κ2) is 9.05. The third kappa shape index (κ3) is 4.71. The molecule has 0 bridgehead atoms. The summed E-state index contributed by atoms with van der Waals surface area (Å²) in [5, 5.41) is 4.58. The second-order valence-corrected chi connectivity index (χ2v) is 7.96. The van der Waals surface area contributed by atoms with Crippen molar-refractivity contribution < 1.29 is 13.9 Å². The van der Waals surface area contributed by atoms with E-state index in [1.165, 1.54) is 5.56 Å². The Kier molecular flexibility index (Phi) is 5.84. The van der Waals surface area contributed by atoms with Crippen molar-refractivity contribution in [3.05, 3.63) is 65.0 Å². The van der Waals surface area contributed by atoms with Crippen molar-refractivity contribution in [2.24, 2.45) is 0 Å². The van der Waals surface area contributed by atoms with Crippen LogP contribution in [0.3, 0.4) is 0 Å². The van der Waals surface area contributed by atoms with E-state index in [1.54, 1.807) is 4.68 Å². The van der Waals surface area contributed by atoms with Crippen LogP contribution >= 0.6 is 12.2 Å². The van der Waals surface area contributed by atoms with E-state index in [-0.39, 0.29) is 6.79 Å². The first kappa shape index (κ1) is 20.0. The van der Waals surface area contributed by atoms with Gasteiger partial charge in [0.25, 0.3) is 4.84 Å². The first-order valence-electron chi connectivity index (χ1n) is 10.4. The monoisotopic (exact) mass is 436 g/mol. The molecule has 1 fully saturated rings. The van der Waals surface area contributed by atoms with Crippen LogP contribution in [0.2, 0.25) is 0 Å². The SMILES string of the molecule is S=c1oc(-c2ccc3c(c2)OCO3)nn1CN1CCN(C/C=C/c2ccccc2)CC1. The summed E-state index contributed by atoms with van der Waals surface area (Å²) in [6.07, 6.45) is 4.41. The van der Waals surface area contributed by atoms with Crippen LogP contribution in [0.5, 0.6) is 11.5 Å². The molecule has 2 aliphatic rings. The molecule has 1 aromatic heterocycles. The Bertz CT molecular complexity index is 1120. The van der Waals surface area contributed by atoms with Gasteiger partial charge in [-0.1, -0.05) is 42.5 Å². The molecule has 0 radical (unpaired) electrons. The third-order valence-corrected chi connectivity index (χ3v) is 5.79. The van der Waals surface area contributed by atoms with Gasteiger partial charge in [-0.25, -0.2) is 4.68 Å². The van der Waals surface area contributed by atoms with Gasteiger partial charge in [-0.05, 0) is 36.0 Å². The number of hydrogen-bond acceptors (Lipinski definition) is 7. The summed E-state index contributed by atoms with van der Waals surface area (Å²) in [7, 11) is 0. The van der Waals surface area contributed by atoms with Gasteiger partial charge in [0, 0.05) is 38.3 Å². The number of benzene rings is 2. The lowest BCUT2D eigenvalue weighted by Gasteiger charge is -2.33. The number of piperazine rings is 1. The van der Waals surface area contributed by atoms with Gasteiger partial charge in [0.15, 0.2) is 11.5 Å². The van der Waals surface area contributed by atoms with Gasteiger partial charge >= 0.3 is 0 Å². The first-order valence-corrected chi connectivity index (χ1v) is 10.8. The topological polar surface area (TPSA) is 55.9 Å². The molecule has 0 aliphatic carbocycles. The predicted molar refractivity (Wildman–Crippen MR) is 120 cm³/mol. The normalized spacial score (nSPS) is 16.9. The van der Waals surface area contributed by atoms with Crippen LogP contribution in [0.15, 0.2) is 59.0 Å². The average Bonchev–Trinajstić information content (AvgIpc) is 3.42. The molecule has 0 atom stereocenters. The first-order chi connectivity index (χ1) is 15.2. The molecule has 2 aromatic carbocycles. The minimum absolute atomic E-state index is 0.241. The van der Waals surface area contributed by atoms with Crippen molar-refractivity contribution in [3.63, 3.8) is 0 Å². The van der Waals surface area contributed by atoms with Gasteiger partial charge in [0.2, 0.25) is 12.7 Å². The van der Waals surface area contributed by atoms with E-state index in [1.807, 2.05) is 24.3 Å². The van der Waals surface area contributed by atoms with Crippen LogP contribution in [-0.2, 0) is 6.67 Å². The number of aromatic nitrogens is 2. The fourth-order valence-electron chi connectivity index (χ4n) is 3.75. The van der Waals surface area contributed by atoms with Crippen LogP contribution in [0, 0.1) is 4.84 Å². The number of fused-ring (bicyclic) bond motifs is 1. The largest absolute Gasteiger partial charge is 0.454 e. The zero-order valence-electron chi connectivity index (χ0n) is 17.1. The molecule has 0 saturated carbocycles. The lowest BCUT2D eigenvalue weighted by molar-refractivity contribution is 0.109. The molecule has 0 unspecified atom stereocenters. The highest BCUT2D eigenvalue weighted by Gasteiger charge is 2.19. The molecule has 160 valence electrons. The van der Waals surface area contributed by atoms with Crippen molar-refractivity contribution in [3.8, 4) is 23.0 Å². The Morgan fingerprint density at radius 1 is 0.935 bits per heavy atom. The van der Waals surface area contributed by atoms with Crippen LogP contribution in [0.25, 0.3) is 17.5 Å². The van der Waals surface area contributed by atoms with E-state index < -0.39 is 0 Å². The van der Waals surface area contributed by atoms with E-state index in [2.05, 4.69) is 51.3 Å². The minimum atomic E-state index is 0.241. The van der Waals surface area contributed by atoms with Gasteiger partial charge < -0.3 is 13.9 Å². The molecule has 2 aliphatic heterocycles. The molecule has 1 saturated heterocycles. The van der Waals surface area contributed by atoms with E-state index >= 15 is 0 Å². The van der Waals surface area contributed by atoms with Gasteiger partial charge in [0.05, 0.1) is 6.67 Å². The molecule has 3 heterocycles. The summed E-state index contributed by atoms with van der Waals surface area (Å²) in [4.78, 5) is 5.18. The third-order valence-electron chi connectivity index (χ3n) is 5.50. The van der Waals surface area contributed by atoms with Gasteiger partial charge in [-0.2, -0.15) is 0 Å². The number of ether oxygens (including phenoxy) is 2. The smallest absolute Gasteiger partial charge is 0.288 e. The van der Waals surface area contributed by atoms with Crippen molar-refractivity contribution in [1.82, 2.24) is 19.6 Å². The quantitative estimate of drug-likeness (QED) is 0.544. The molecular weight excluding hydrogens is 412 g/mol. The summed E-state index contributed by atoms with van der Waals surface area (Å²) in [6, 6.07) is 16.0. The van der Waals surface area contributed by atoms with Gasteiger partial charge in [-0.3, -0.25) is 9.80 Å². The highest BCUT2D eigenvalue weighted by molar-refractivity contribution is 7.71. The van der Waals surface area contributed by atoms with E-state index in [0.717, 1.165) is 44.0 Å². The molecule has 0 amide bonds. The molecule has 8 heteroatoms. The Morgan fingerprint density at radius 2 is 1.71 bits per heavy atom. The summed E-state index contributed by atoms with van der Waals surface area (Å²) in [6.45, 7) is 5.78. The predicted octanol–water partition coefficient (Wildman–Crippen LogP) is 3.89. The van der Waals surface area contributed by atoms with Crippen LogP contribution in [0.1, 0.15) is 5.56 Å². The molecule has 3 aromatic rings. The molecule has 0 spiro atoms. The van der Waals surface area contributed by atoms with Crippen molar-refractivity contribution >= 4 is 18.3 Å². The molecule has 5 rings (SSSR count). The number of rotatable bonds is 6. The van der Waals surface area contributed by atoms with Crippen molar-refractivity contribution in [2.45, 2.75) is 6.67 Å². The molecule has 0 N–H and O–H groups in total. The summed E-state index contributed by atoms with van der Waals surface area (Å²) in [5.74, 6) is 1.93. The fourth-order valence-corrected chi connectivity index (χ4v) is 3.92. The Labute approximate surface area is 186 Å². The van der Waals surface area contributed by atoms with E-state index in [0.29, 0.717) is 23.1 Å². The van der Waals surface area contributed by atoms with Crippen LogP contribution in [-0.4, -0.2) is 59.1 Å². The van der Waals surface area contributed by atoms with E-state index in [9.17, 15) is 0 Å². The maximum atomic E-state index is 5.74. The highest BCUT2D eigenvalue weighted by atomic mass is 32.1. The minimum Gasteiger partial charge on any atom is -0.454 e. The van der Waals surface area contributed by atoms with Crippen molar-refractivity contribution in [2.75, 3.05) is 39.5 Å². The number of hydrogen-bond donors (Lipinski definition) is 0. The maximum absolute atomic E-state index is 5.74.